The smallest absolute Gasteiger partial charge is 0.229 e. The van der Waals surface area contributed by atoms with Gasteiger partial charge in [-0.3, -0.25) is 19.7 Å². The minimum absolute atomic E-state index is 0.365. The van der Waals surface area contributed by atoms with Crippen molar-refractivity contribution in [2.75, 3.05) is 22.8 Å². The van der Waals surface area contributed by atoms with Crippen molar-refractivity contribution in [3.63, 3.8) is 0 Å². The Labute approximate surface area is 214 Å². The maximum atomic E-state index is 11.7. The van der Waals surface area contributed by atoms with Crippen molar-refractivity contribution in [3.05, 3.63) is 85.6 Å². The standard InChI is InChI=1S/C26H24N8O2S/c1-4-30-26-21(10-19(12-31-26)18-9-20(13-28-11-18)34-37(3,35)36)16(2)25-32-23-15-29-14-22(24(23)33-25)17-5-7-27-8-6-17/h5-15,34H,2,4H2,1,3H3,(H,30,31)(H,32,33). The van der Waals surface area contributed by atoms with Gasteiger partial charge in [0, 0.05) is 65.4 Å². The molecule has 37 heavy (non-hydrogen) atoms. The van der Waals surface area contributed by atoms with Gasteiger partial charge >= 0.3 is 0 Å². The molecule has 0 amide bonds. The number of rotatable bonds is 8. The van der Waals surface area contributed by atoms with E-state index >= 15 is 0 Å². The molecule has 5 aromatic heterocycles. The molecule has 0 saturated carbocycles. The number of hydrogen-bond acceptors (Lipinski definition) is 8. The van der Waals surface area contributed by atoms with Crippen LogP contribution in [0.15, 0.2) is 74.2 Å². The molecule has 0 unspecified atom stereocenters. The Hall–Kier alpha value is -4.64. The molecule has 0 spiro atoms. The number of anilines is 2. The van der Waals surface area contributed by atoms with E-state index < -0.39 is 10.0 Å². The summed E-state index contributed by atoms with van der Waals surface area (Å²) in [5, 5.41) is 3.28. The van der Waals surface area contributed by atoms with Crippen molar-refractivity contribution in [1.29, 1.82) is 0 Å². The Morgan fingerprint density at radius 3 is 2.49 bits per heavy atom. The Morgan fingerprint density at radius 1 is 0.973 bits per heavy atom. The van der Waals surface area contributed by atoms with Gasteiger partial charge in [0.15, 0.2) is 0 Å². The molecule has 0 aliphatic rings. The fraction of sp³-hybridized carbons (Fsp3) is 0.115. The van der Waals surface area contributed by atoms with Gasteiger partial charge in [-0.25, -0.2) is 18.4 Å². The summed E-state index contributed by atoms with van der Waals surface area (Å²) in [6.45, 7) is 6.98. The number of sulfonamides is 1. The van der Waals surface area contributed by atoms with E-state index in [1.54, 1.807) is 43.2 Å². The normalized spacial score (nSPS) is 11.4. The van der Waals surface area contributed by atoms with Gasteiger partial charge in [0.1, 0.15) is 11.6 Å². The third kappa shape index (κ3) is 5.16. The zero-order valence-corrected chi connectivity index (χ0v) is 21.0. The summed E-state index contributed by atoms with van der Waals surface area (Å²) in [5.74, 6) is 1.24. The first-order valence-electron chi connectivity index (χ1n) is 11.4. The molecule has 0 radical (unpaired) electrons. The highest BCUT2D eigenvalue weighted by molar-refractivity contribution is 7.92. The molecule has 11 heteroatoms. The second kappa shape index (κ2) is 9.78. The molecule has 0 aliphatic heterocycles. The van der Waals surface area contributed by atoms with Crippen LogP contribution in [0.5, 0.6) is 0 Å². The average Bonchev–Trinajstić information content (AvgIpc) is 3.33. The minimum Gasteiger partial charge on any atom is -0.370 e. The van der Waals surface area contributed by atoms with Crippen LogP contribution in [-0.4, -0.2) is 51.1 Å². The molecule has 5 heterocycles. The van der Waals surface area contributed by atoms with Crippen LogP contribution < -0.4 is 10.0 Å². The molecule has 0 fully saturated rings. The predicted molar refractivity (Wildman–Crippen MR) is 145 cm³/mol. The lowest BCUT2D eigenvalue weighted by Gasteiger charge is -2.13. The molecule has 0 saturated heterocycles. The van der Waals surface area contributed by atoms with Crippen molar-refractivity contribution in [2.45, 2.75) is 6.92 Å². The van der Waals surface area contributed by atoms with Crippen molar-refractivity contribution in [3.8, 4) is 22.3 Å². The van der Waals surface area contributed by atoms with Gasteiger partial charge in [-0.1, -0.05) is 6.58 Å². The summed E-state index contributed by atoms with van der Waals surface area (Å²) in [6, 6.07) is 7.47. The fourth-order valence-corrected chi connectivity index (χ4v) is 4.51. The van der Waals surface area contributed by atoms with Crippen molar-refractivity contribution in [1.82, 2.24) is 29.9 Å². The number of nitrogens with one attached hydrogen (secondary N) is 3. The highest BCUT2D eigenvalue weighted by atomic mass is 32.2. The Bertz CT molecular complexity index is 1720. The molecule has 0 bridgehead atoms. The average molecular weight is 513 g/mol. The van der Waals surface area contributed by atoms with Gasteiger partial charge in [0.05, 0.1) is 35.4 Å². The summed E-state index contributed by atoms with van der Waals surface area (Å²) >= 11 is 0. The SMILES string of the molecule is C=C(c1nc2c(-c3ccncc3)cncc2[nH]1)c1cc(-c2cncc(NS(C)(=O)=O)c2)cnc1NCC. The van der Waals surface area contributed by atoms with E-state index in [1.165, 1.54) is 6.20 Å². The van der Waals surface area contributed by atoms with Crippen molar-refractivity contribution >= 4 is 38.1 Å². The molecule has 0 aromatic carbocycles. The van der Waals surface area contributed by atoms with Gasteiger partial charge in [-0.15, -0.1) is 0 Å². The number of imidazole rings is 1. The van der Waals surface area contributed by atoms with Crippen LogP contribution in [-0.2, 0) is 10.0 Å². The lowest BCUT2D eigenvalue weighted by Crippen LogP contribution is -2.09. The second-order valence-electron chi connectivity index (χ2n) is 8.37. The van der Waals surface area contributed by atoms with Crippen LogP contribution >= 0.6 is 0 Å². The second-order valence-corrected chi connectivity index (χ2v) is 10.1. The number of hydrogen-bond donors (Lipinski definition) is 3. The summed E-state index contributed by atoms with van der Waals surface area (Å²) < 4.78 is 25.8. The molecule has 0 atom stereocenters. The van der Waals surface area contributed by atoms with Crippen LogP contribution in [0.4, 0.5) is 11.5 Å². The van der Waals surface area contributed by atoms with Crippen molar-refractivity contribution < 1.29 is 8.42 Å². The van der Waals surface area contributed by atoms with Crippen molar-refractivity contribution in [2.24, 2.45) is 0 Å². The van der Waals surface area contributed by atoms with Gasteiger partial charge in [0.2, 0.25) is 10.0 Å². The first-order chi connectivity index (χ1) is 17.8. The summed E-state index contributed by atoms with van der Waals surface area (Å²) in [4.78, 5) is 25.5. The quantitative estimate of drug-likeness (QED) is 0.279. The van der Waals surface area contributed by atoms with E-state index in [1.807, 2.05) is 25.1 Å². The Kier molecular flexibility index (Phi) is 6.36. The van der Waals surface area contributed by atoms with E-state index in [4.69, 9.17) is 4.98 Å². The zero-order chi connectivity index (χ0) is 26.0. The topological polar surface area (TPSA) is 138 Å². The lowest BCUT2D eigenvalue weighted by molar-refractivity contribution is 0.607. The molecular weight excluding hydrogens is 488 g/mol. The third-order valence-corrected chi connectivity index (χ3v) is 6.21. The van der Waals surface area contributed by atoms with E-state index in [2.05, 4.69) is 41.5 Å². The number of pyridine rings is 4. The summed E-state index contributed by atoms with van der Waals surface area (Å²) in [5.41, 5.74) is 6.60. The van der Waals surface area contributed by atoms with Gasteiger partial charge in [0.25, 0.3) is 0 Å². The minimum atomic E-state index is -3.44. The lowest BCUT2D eigenvalue weighted by atomic mass is 10.0. The van der Waals surface area contributed by atoms with Gasteiger partial charge in [-0.05, 0) is 36.8 Å². The predicted octanol–water partition coefficient (Wildman–Crippen LogP) is 4.34. The number of aromatic amines is 1. The maximum Gasteiger partial charge on any atom is 0.229 e. The number of aromatic nitrogens is 6. The molecular formula is C26H24N8O2S. The van der Waals surface area contributed by atoms with Gasteiger partial charge < -0.3 is 10.3 Å². The number of nitrogens with zero attached hydrogens (tertiary/aromatic N) is 5. The third-order valence-electron chi connectivity index (χ3n) is 5.60. The summed E-state index contributed by atoms with van der Waals surface area (Å²) in [7, 11) is -3.44. The van der Waals surface area contributed by atoms with Gasteiger partial charge in [-0.2, -0.15) is 0 Å². The monoisotopic (exact) mass is 512 g/mol. The fourth-order valence-electron chi connectivity index (χ4n) is 3.97. The molecule has 0 aliphatic carbocycles. The Balaban J connectivity index is 1.57. The molecule has 10 nitrogen and oxygen atoms in total. The van der Waals surface area contributed by atoms with Crippen LogP contribution in [0.25, 0.3) is 38.9 Å². The molecule has 186 valence electrons. The Morgan fingerprint density at radius 2 is 1.73 bits per heavy atom. The van der Waals surface area contributed by atoms with Crippen LogP contribution in [0, 0.1) is 0 Å². The van der Waals surface area contributed by atoms with E-state index in [0.29, 0.717) is 35.0 Å². The first kappa shape index (κ1) is 24.1. The molecule has 5 rings (SSSR count). The largest absolute Gasteiger partial charge is 0.370 e. The highest BCUT2D eigenvalue weighted by Gasteiger charge is 2.17. The summed E-state index contributed by atoms with van der Waals surface area (Å²) in [6.07, 6.45) is 12.9. The van der Waals surface area contributed by atoms with E-state index in [0.717, 1.165) is 39.5 Å². The highest BCUT2D eigenvalue weighted by Crippen LogP contribution is 2.33. The number of fused-ring (bicyclic) bond motifs is 1. The molecule has 3 N–H and O–H groups in total. The van der Waals surface area contributed by atoms with Crippen LogP contribution in [0.1, 0.15) is 18.3 Å². The zero-order valence-electron chi connectivity index (χ0n) is 20.2. The van der Waals surface area contributed by atoms with E-state index in [9.17, 15) is 8.42 Å². The maximum absolute atomic E-state index is 11.7. The first-order valence-corrected chi connectivity index (χ1v) is 13.3. The van der Waals surface area contributed by atoms with Crippen LogP contribution in [0.2, 0.25) is 0 Å². The molecule has 5 aromatic rings. The number of H-pyrrole nitrogens is 1. The van der Waals surface area contributed by atoms with E-state index in [-0.39, 0.29) is 0 Å². The van der Waals surface area contributed by atoms with Crippen LogP contribution in [0.3, 0.4) is 0 Å².